The van der Waals surface area contributed by atoms with Crippen LogP contribution in [0.1, 0.15) is 25.5 Å². The van der Waals surface area contributed by atoms with Gasteiger partial charge in [-0.3, -0.25) is 4.90 Å². The molecule has 0 aliphatic carbocycles. The van der Waals surface area contributed by atoms with Crippen molar-refractivity contribution in [3.8, 4) is 11.4 Å². The number of fused-ring (bicyclic) bond motifs is 1. The van der Waals surface area contributed by atoms with Crippen LogP contribution in [-0.2, 0) is 6.54 Å². The molecule has 0 spiro atoms. The topological polar surface area (TPSA) is 76.2 Å². The number of halogens is 1. The molecule has 2 fully saturated rings. The molecule has 194 valence electrons. The molecule has 2 aliphatic heterocycles. The number of aromatic amines is 1. The average Bonchev–Trinajstić information content (AvgIpc) is 3.62. The van der Waals surface area contributed by atoms with Gasteiger partial charge in [-0.25, -0.2) is 15.0 Å². The third kappa shape index (κ3) is 5.52. The monoisotopic (exact) mass is 580 g/mol. The lowest BCUT2D eigenvalue weighted by atomic mass is 10.0. The van der Waals surface area contributed by atoms with E-state index in [1.807, 2.05) is 11.7 Å². The van der Waals surface area contributed by atoms with E-state index in [1.54, 1.807) is 11.3 Å². The van der Waals surface area contributed by atoms with Crippen LogP contribution >= 0.6 is 27.3 Å². The number of nitrogens with one attached hydrogen (secondary N) is 2. The normalized spacial score (nSPS) is 18.1. The van der Waals surface area contributed by atoms with Crippen LogP contribution in [0.25, 0.3) is 22.6 Å². The highest BCUT2D eigenvalue weighted by Gasteiger charge is 2.22. The van der Waals surface area contributed by atoms with Crippen LogP contribution in [0.4, 0.5) is 11.4 Å². The van der Waals surface area contributed by atoms with Gasteiger partial charge in [0.1, 0.15) is 11.3 Å². The van der Waals surface area contributed by atoms with Gasteiger partial charge in [-0.2, -0.15) is 0 Å². The lowest BCUT2D eigenvalue weighted by Crippen LogP contribution is -2.46. The number of hydrogen-bond acceptors (Lipinski definition) is 8. The van der Waals surface area contributed by atoms with Crippen LogP contribution in [0.5, 0.6) is 0 Å². The molecular weight excluding hydrogens is 548 g/mol. The third-order valence-electron chi connectivity index (χ3n) is 7.60. The van der Waals surface area contributed by atoms with Crippen molar-refractivity contribution in [2.75, 3.05) is 56.0 Å². The van der Waals surface area contributed by atoms with Crippen LogP contribution in [0.2, 0.25) is 0 Å². The predicted molar refractivity (Wildman–Crippen MR) is 155 cm³/mol. The van der Waals surface area contributed by atoms with Gasteiger partial charge in [0.15, 0.2) is 5.65 Å². The quantitative estimate of drug-likeness (QED) is 0.316. The van der Waals surface area contributed by atoms with E-state index in [9.17, 15) is 0 Å². The molecule has 5 heterocycles. The molecule has 1 aromatic carbocycles. The molecule has 2 N–H and O–H groups in total. The molecular formula is C27H33BrN8S. The summed E-state index contributed by atoms with van der Waals surface area (Å²) in [6.45, 7) is 10.7. The molecule has 2 saturated heterocycles. The van der Waals surface area contributed by atoms with Gasteiger partial charge in [0.25, 0.3) is 0 Å². The maximum absolute atomic E-state index is 4.83. The van der Waals surface area contributed by atoms with Gasteiger partial charge >= 0.3 is 0 Å². The fourth-order valence-corrected chi connectivity index (χ4v) is 6.31. The number of piperidine rings is 1. The van der Waals surface area contributed by atoms with Crippen LogP contribution in [0, 0.1) is 0 Å². The summed E-state index contributed by atoms with van der Waals surface area (Å²) in [5.41, 5.74) is 8.19. The molecule has 37 heavy (non-hydrogen) atoms. The van der Waals surface area contributed by atoms with Gasteiger partial charge in [0.05, 0.1) is 21.4 Å². The van der Waals surface area contributed by atoms with Gasteiger partial charge in [-0.15, -0.1) is 11.3 Å². The van der Waals surface area contributed by atoms with E-state index >= 15 is 0 Å². The minimum atomic E-state index is 0.456. The number of pyridine rings is 1. The van der Waals surface area contributed by atoms with E-state index in [-0.39, 0.29) is 0 Å². The van der Waals surface area contributed by atoms with Gasteiger partial charge in [-0.05, 0) is 59.6 Å². The Morgan fingerprint density at radius 3 is 2.51 bits per heavy atom. The van der Waals surface area contributed by atoms with Crippen molar-refractivity contribution in [3.63, 3.8) is 0 Å². The van der Waals surface area contributed by atoms with Crippen LogP contribution in [0.3, 0.4) is 0 Å². The van der Waals surface area contributed by atoms with Crippen LogP contribution in [0.15, 0.2) is 45.8 Å². The van der Waals surface area contributed by atoms with E-state index in [0.717, 1.165) is 97.9 Å². The molecule has 2 aliphatic rings. The molecule has 4 aromatic rings. The number of likely N-dealkylation sites (tertiary alicyclic amines) is 1. The minimum absolute atomic E-state index is 0.456. The molecule has 0 atom stereocenters. The number of piperazine rings is 1. The average molecular weight is 582 g/mol. The minimum Gasteiger partial charge on any atom is -0.379 e. The Balaban J connectivity index is 1.13. The van der Waals surface area contributed by atoms with E-state index in [2.05, 4.69) is 87.5 Å². The second-order valence-electron chi connectivity index (χ2n) is 9.91. The Morgan fingerprint density at radius 1 is 1.03 bits per heavy atom. The lowest BCUT2D eigenvalue weighted by Gasteiger charge is -2.35. The van der Waals surface area contributed by atoms with Crippen molar-refractivity contribution >= 4 is 49.8 Å². The molecule has 6 rings (SSSR count). The first-order chi connectivity index (χ1) is 18.2. The zero-order valence-electron chi connectivity index (χ0n) is 21.2. The van der Waals surface area contributed by atoms with Crippen molar-refractivity contribution in [2.45, 2.75) is 32.4 Å². The Labute approximate surface area is 230 Å². The van der Waals surface area contributed by atoms with Crippen molar-refractivity contribution in [3.05, 3.63) is 51.5 Å². The summed E-state index contributed by atoms with van der Waals surface area (Å²) in [6, 6.07) is 9.21. The van der Waals surface area contributed by atoms with E-state index in [0.29, 0.717) is 6.04 Å². The summed E-state index contributed by atoms with van der Waals surface area (Å²) < 4.78 is 0.970. The zero-order chi connectivity index (χ0) is 25.2. The van der Waals surface area contributed by atoms with E-state index < -0.39 is 0 Å². The summed E-state index contributed by atoms with van der Waals surface area (Å²) in [4.78, 5) is 24.8. The second kappa shape index (κ2) is 11.1. The summed E-state index contributed by atoms with van der Waals surface area (Å²) in [6.07, 6.45) is 4.14. The van der Waals surface area contributed by atoms with Crippen molar-refractivity contribution in [1.29, 1.82) is 0 Å². The molecule has 0 amide bonds. The number of anilines is 2. The van der Waals surface area contributed by atoms with E-state index in [4.69, 9.17) is 4.98 Å². The molecule has 0 unspecified atom stereocenters. The largest absolute Gasteiger partial charge is 0.379 e. The lowest BCUT2D eigenvalue weighted by molar-refractivity contribution is 0.229. The molecule has 10 heteroatoms. The number of H-pyrrole nitrogens is 1. The standard InChI is InChI=1S/C27H33BrN8S/c1-2-34-9-7-20(8-10-34)31-24-23(28)15-29-27-25(24)32-26(33-27)19-3-5-22(6-4-19)36-13-11-35(12-14-36)16-21-17-37-18-30-21/h3-6,15,17-18,20H,2,7-14,16H2,1H3,(H2,29,31,32,33). The molecule has 8 nitrogen and oxygen atoms in total. The summed E-state index contributed by atoms with van der Waals surface area (Å²) in [7, 11) is 0. The number of imidazole rings is 1. The summed E-state index contributed by atoms with van der Waals surface area (Å²) in [5.74, 6) is 0.851. The van der Waals surface area contributed by atoms with Crippen LogP contribution < -0.4 is 10.2 Å². The molecule has 0 bridgehead atoms. The van der Waals surface area contributed by atoms with Crippen molar-refractivity contribution in [2.24, 2.45) is 0 Å². The Hall–Kier alpha value is -2.53. The smallest absolute Gasteiger partial charge is 0.180 e. The summed E-state index contributed by atoms with van der Waals surface area (Å²) in [5, 5.41) is 5.92. The number of thiazole rings is 1. The first-order valence-corrected chi connectivity index (χ1v) is 14.9. The molecule has 3 aromatic heterocycles. The van der Waals surface area contributed by atoms with Gasteiger partial charge < -0.3 is 20.1 Å². The van der Waals surface area contributed by atoms with Crippen LogP contribution in [-0.4, -0.2) is 81.6 Å². The highest BCUT2D eigenvalue weighted by atomic mass is 79.9. The third-order valence-corrected chi connectivity index (χ3v) is 8.84. The maximum atomic E-state index is 4.83. The first kappa shape index (κ1) is 24.8. The molecule has 0 radical (unpaired) electrons. The fourth-order valence-electron chi connectivity index (χ4n) is 5.35. The Bertz CT molecular complexity index is 1310. The second-order valence-corrected chi connectivity index (χ2v) is 11.5. The van der Waals surface area contributed by atoms with Crippen molar-refractivity contribution < 1.29 is 0 Å². The number of nitrogens with zero attached hydrogens (tertiary/aromatic N) is 6. The Morgan fingerprint density at radius 2 is 1.81 bits per heavy atom. The first-order valence-electron chi connectivity index (χ1n) is 13.1. The van der Waals surface area contributed by atoms with E-state index in [1.165, 1.54) is 11.4 Å². The molecule has 0 saturated carbocycles. The number of hydrogen-bond donors (Lipinski definition) is 2. The van der Waals surface area contributed by atoms with Crippen molar-refractivity contribution in [1.82, 2.24) is 29.7 Å². The predicted octanol–water partition coefficient (Wildman–Crippen LogP) is 5.06. The van der Waals surface area contributed by atoms with Gasteiger partial charge in [-0.1, -0.05) is 6.92 Å². The number of benzene rings is 1. The number of rotatable bonds is 7. The maximum Gasteiger partial charge on any atom is 0.180 e. The highest BCUT2D eigenvalue weighted by Crippen LogP contribution is 2.33. The zero-order valence-corrected chi connectivity index (χ0v) is 23.6. The Kier molecular flexibility index (Phi) is 7.41. The highest BCUT2D eigenvalue weighted by molar-refractivity contribution is 9.10. The summed E-state index contributed by atoms with van der Waals surface area (Å²) >= 11 is 5.38. The SMILES string of the molecule is CCN1CCC(Nc2c(Br)cnc3nc(-c4ccc(N5CCN(Cc6cscn6)CC5)cc4)[nH]c23)CC1. The van der Waals surface area contributed by atoms with Gasteiger partial charge in [0, 0.05) is 74.7 Å². The fraction of sp³-hybridized carbons (Fsp3) is 0.444. The number of aromatic nitrogens is 4. The van der Waals surface area contributed by atoms with Gasteiger partial charge in [0.2, 0.25) is 0 Å².